The number of hydrogen-bond donors (Lipinski definition) is 0. The van der Waals surface area contributed by atoms with E-state index in [0.717, 1.165) is 41.9 Å². The third-order valence-electron chi connectivity index (χ3n) is 1.97. The number of unbranched alkanes of at least 4 members (excludes halogenated alkanes) is 2. The molecule has 14 heavy (non-hydrogen) atoms. The number of thiophene rings is 1. The van der Waals surface area contributed by atoms with Gasteiger partial charge in [0.25, 0.3) is 0 Å². The molecule has 0 saturated heterocycles. The zero-order valence-electron chi connectivity index (χ0n) is 8.03. The Labute approximate surface area is 85.8 Å². The lowest BCUT2D eigenvalue weighted by molar-refractivity contribution is -0.134. The van der Waals surface area contributed by atoms with Gasteiger partial charge in [-0.1, -0.05) is 19.8 Å². The quantitative estimate of drug-likeness (QED) is 0.658. The Morgan fingerprint density at radius 3 is 2.43 bits per heavy atom. The Hall–Kier alpha value is -0.510. The second-order valence-electron chi connectivity index (χ2n) is 3.22. The van der Waals surface area contributed by atoms with Crippen molar-refractivity contribution < 1.29 is 13.2 Å². The molecule has 0 bridgehead atoms. The van der Waals surface area contributed by atoms with Crippen LogP contribution in [0, 0.1) is 0 Å². The summed E-state index contributed by atoms with van der Waals surface area (Å²) < 4.78 is 36.6. The SMILES string of the molecule is CCCCCc1ccc(C(F)(F)F)s1. The van der Waals surface area contributed by atoms with Crippen molar-refractivity contribution in [3.63, 3.8) is 0 Å². The highest BCUT2D eigenvalue weighted by Crippen LogP contribution is 2.34. The van der Waals surface area contributed by atoms with Crippen LogP contribution >= 0.6 is 11.3 Å². The summed E-state index contributed by atoms with van der Waals surface area (Å²) in [4.78, 5) is 0.356. The molecule has 0 N–H and O–H groups in total. The maximum atomic E-state index is 12.2. The van der Waals surface area contributed by atoms with Crippen molar-refractivity contribution in [2.75, 3.05) is 0 Å². The molecule has 1 aromatic heterocycles. The first-order chi connectivity index (χ1) is 6.54. The Morgan fingerprint density at radius 1 is 1.21 bits per heavy atom. The smallest absolute Gasteiger partial charge is 0.165 e. The molecule has 0 spiro atoms. The third kappa shape index (κ3) is 3.33. The highest BCUT2D eigenvalue weighted by Gasteiger charge is 2.32. The van der Waals surface area contributed by atoms with Gasteiger partial charge in [0.2, 0.25) is 0 Å². The minimum atomic E-state index is -4.17. The zero-order valence-corrected chi connectivity index (χ0v) is 8.84. The molecule has 1 heterocycles. The molecule has 0 aliphatic carbocycles. The van der Waals surface area contributed by atoms with Crippen molar-refractivity contribution in [2.45, 2.75) is 38.8 Å². The fourth-order valence-electron chi connectivity index (χ4n) is 1.21. The Bertz CT molecular complexity index is 275. The van der Waals surface area contributed by atoms with E-state index in [0.29, 0.717) is 0 Å². The zero-order chi connectivity index (χ0) is 10.6. The predicted octanol–water partition coefficient (Wildman–Crippen LogP) is 4.50. The minimum absolute atomic E-state index is 0.482. The van der Waals surface area contributed by atoms with Crippen LogP contribution in [0.25, 0.3) is 0 Å². The van der Waals surface area contributed by atoms with E-state index in [-0.39, 0.29) is 0 Å². The van der Waals surface area contributed by atoms with Gasteiger partial charge in [-0.15, -0.1) is 11.3 Å². The second-order valence-corrected chi connectivity index (χ2v) is 4.39. The van der Waals surface area contributed by atoms with Gasteiger partial charge in [-0.05, 0) is 25.0 Å². The average molecular weight is 222 g/mol. The van der Waals surface area contributed by atoms with E-state index < -0.39 is 11.1 Å². The number of rotatable bonds is 4. The van der Waals surface area contributed by atoms with E-state index in [1.165, 1.54) is 6.07 Å². The molecule has 80 valence electrons. The van der Waals surface area contributed by atoms with Crippen molar-refractivity contribution in [3.8, 4) is 0 Å². The maximum Gasteiger partial charge on any atom is 0.425 e. The molecule has 4 heteroatoms. The number of hydrogen-bond acceptors (Lipinski definition) is 1. The first-order valence-electron chi connectivity index (χ1n) is 4.70. The van der Waals surface area contributed by atoms with Gasteiger partial charge in [0, 0.05) is 4.88 Å². The van der Waals surface area contributed by atoms with Crippen LogP contribution in [0.4, 0.5) is 13.2 Å². The highest BCUT2D eigenvalue weighted by molar-refractivity contribution is 7.12. The van der Waals surface area contributed by atoms with Crippen LogP contribution in [0.3, 0.4) is 0 Å². The molecule has 0 saturated carbocycles. The van der Waals surface area contributed by atoms with E-state index >= 15 is 0 Å². The molecule has 0 aliphatic rings. The molecule has 0 nitrogen and oxygen atoms in total. The van der Waals surface area contributed by atoms with Crippen LogP contribution in [0.15, 0.2) is 12.1 Å². The fourth-order valence-corrected chi connectivity index (χ4v) is 2.13. The van der Waals surface area contributed by atoms with Crippen LogP contribution < -0.4 is 0 Å². The highest BCUT2D eigenvalue weighted by atomic mass is 32.1. The Morgan fingerprint density at radius 2 is 1.93 bits per heavy atom. The van der Waals surface area contributed by atoms with Crippen molar-refractivity contribution >= 4 is 11.3 Å². The molecule has 0 aromatic carbocycles. The molecule has 0 fully saturated rings. The normalized spacial score (nSPS) is 12.0. The number of halogens is 3. The Kier molecular flexibility index (Phi) is 3.98. The van der Waals surface area contributed by atoms with Crippen LogP contribution in [-0.2, 0) is 12.6 Å². The maximum absolute atomic E-state index is 12.2. The second kappa shape index (κ2) is 4.82. The summed E-state index contributed by atoms with van der Waals surface area (Å²) in [5, 5.41) is 0. The van der Waals surface area contributed by atoms with Crippen LogP contribution in [0.1, 0.15) is 35.9 Å². The van der Waals surface area contributed by atoms with Gasteiger partial charge in [0.05, 0.1) is 0 Å². The number of aryl methyl sites for hydroxylation is 1. The lowest BCUT2D eigenvalue weighted by Gasteiger charge is -2.00. The predicted molar refractivity (Wildman–Crippen MR) is 52.6 cm³/mol. The topological polar surface area (TPSA) is 0 Å². The Balaban J connectivity index is 2.51. The summed E-state index contributed by atoms with van der Waals surface area (Å²) in [7, 11) is 0. The van der Waals surface area contributed by atoms with Gasteiger partial charge in [-0.2, -0.15) is 13.2 Å². The van der Waals surface area contributed by atoms with Gasteiger partial charge in [0.15, 0.2) is 0 Å². The van der Waals surface area contributed by atoms with Gasteiger partial charge in [0.1, 0.15) is 4.88 Å². The molecule has 0 radical (unpaired) electrons. The van der Waals surface area contributed by atoms with Crippen molar-refractivity contribution in [3.05, 3.63) is 21.9 Å². The summed E-state index contributed by atoms with van der Waals surface area (Å²) >= 11 is 0.865. The molecular formula is C10H13F3S. The van der Waals surface area contributed by atoms with Crippen molar-refractivity contribution in [2.24, 2.45) is 0 Å². The van der Waals surface area contributed by atoms with Gasteiger partial charge in [-0.3, -0.25) is 0 Å². The molecule has 0 aliphatic heterocycles. The van der Waals surface area contributed by atoms with Crippen molar-refractivity contribution in [1.82, 2.24) is 0 Å². The monoisotopic (exact) mass is 222 g/mol. The number of alkyl halides is 3. The summed E-state index contributed by atoms with van der Waals surface area (Å²) in [5.41, 5.74) is 0. The van der Waals surface area contributed by atoms with Gasteiger partial charge in [-0.25, -0.2) is 0 Å². The molecule has 0 atom stereocenters. The van der Waals surface area contributed by atoms with E-state index in [1.54, 1.807) is 6.07 Å². The lowest BCUT2D eigenvalue weighted by atomic mass is 10.2. The average Bonchev–Trinajstić information content (AvgIpc) is 2.52. The van der Waals surface area contributed by atoms with E-state index in [2.05, 4.69) is 6.92 Å². The molecule has 0 unspecified atom stereocenters. The molecule has 1 rings (SSSR count). The van der Waals surface area contributed by atoms with E-state index in [9.17, 15) is 13.2 Å². The fraction of sp³-hybridized carbons (Fsp3) is 0.600. The summed E-state index contributed by atoms with van der Waals surface area (Å²) in [6.45, 7) is 2.08. The summed E-state index contributed by atoms with van der Waals surface area (Å²) in [6, 6.07) is 2.76. The first kappa shape index (κ1) is 11.6. The van der Waals surface area contributed by atoms with Gasteiger partial charge < -0.3 is 0 Å². The summed E-state index contributed by atoms with van der Waals surface area (Å²) in [5.74, 6) is 0. The van der Waals surface area contributed by atoms with Crippen molar-refractivity contribution in [1.29, 1.82) is 0 Å². The minimum Gasteiger partial charge on any atom is -0.165 e. The summed E-state index contributed by atoms with van der Waals surface area (Å²) in [6.07, 6.45) is -0.243. The molecule has 0 amide bonds. The van der Waals surface area contributed by atoms with E-state index in [4.69, 9.17) is 0 Å². The van der Waals surface area contributed by atoms with Gasteiger partial charge >= 0.3 is 6.18 Å². The van der Waals surface area contributed by atoms with Crippen LogP contribution in [0.2, 0.25) is 0 Å². The third-order valence-corrected chi connectivity index (χ3v) is 3.16. The van der Waals surface area contributed by atoms with Crippen LogP contribution in [-0.4, -0.2) is 0 Å². The largest absolute Gasteiger partial charge is 0.425 e. The standard InChI is InChI=1S/C10H13F3S/c1-2-3-4-5-8-6-7-9(14-8)10(11,12)13/h6-7H,2-5H2,1H3. The lowest BCUT2D eigenvalue weighted by Crippen LogP contribution is -2.00. The first-order valence-corrected chi connectivity index (χ1v) is 5.51. The van der Waals surface area contributed by atoms with E-state index in [1.807, 2.05) is 0 Å². The van der Waals surface area contributed by atoms with Crippen LogP contribution in [0.5, 0.6) is 0 Å². The molecule has 1 aromatic rings. The molecular weight excluding hydrogens is 209 g/mol.